The third-order valence-electron chi connectivity index (χ3n) is 3.88. The van der Waals surface area contributed by atoms with Crippen LogP contribution in [-0.2, 0) is 12.1 Å². The first-order valence-corrected chi connectivity index (χ1v) is 8.01. The van der Waals surface area contributed by atoms with Crippen molar-refractivity contribution in [3.63, 3.8) is 0 Å². The van der Waals surface area contributed by atoms with Gasteiger partial charge < -0.3 is 10.2 Å². The number of nitrogens with one attached hydrogen (secondary N) is 1. The molecule has 0 aliphatic heterocycles. The molecule has 7 heteroatoms. The zero-order valence-corrected chi connectivity index (χ0v) is 13.6. The molecule has 24 heavy (non-hydrogen) atoms. The number of aromatic nitrogens is 2. The lowest BCUT2D eigenvalue weighted by molar-refractivity contribution is -0.00549. The lowest BCUT2D eigenvalue weighted by Crippen LogP contribution is -2.45. The molecule has 0 spiro atoms. The molecule has 0 aliphatic carbocycles. The Morgan fingerprint density at radius 1 is 1.38 bits per heavy atom. The number of rotatable bonds is 9. The molecule has 0 saturated carbocycles. The van der Waals surface area contributed by atoms with Crippen LogP contribution in [0.15, 0.2) is 36.7 Å². The van der Waals surface area contributed by atoms with Crippen molar-refractivity contribution in [2.45, 2.75) is 44.6 Å². The number of unbranched alkanes of at least 4 members (excludes halogenated alkanes) is 1. The lowest BCUT2D eigenvalue weighted by Gasteiger charge is -2.30. The van der Waals surface area contributed by atoms with Crippen LogP contribution in [0.25, 0.3) is 0 Å². The van der Waals surface area contributed by atoms with Crippen LogP contribution in [0.3, 0.4) is 0 Å². The van der Waals surface area contributed by atoms with Gasteiger partial charge in [0.1, 0.15) is 23.5 Å². The van der Waals surface area contributed by atoms with E-state index in [1.165, 1.54) is 10.7 Å². The van der Waals surface area contributed by atoms with Crippen LogP contribution in [-0.4, -0.2) is 32.8 Å². The van der Waals surface area contributed by atoms with Crippen molar-refractivity contribution in [2.24, 2.45) is 0 Å². The fraction of sp³-hybridized carbons (Fsp3) is 0.471. The Morgan fingerprint density at radius 3 is 2.79 bits per heavy atom. The van der Waals surface area contributed by atoms with E-state index in [4.69, 9.17) is 0 Å². The zero-order chi connectivity index (χ0) is 17.6. The van der Waals surface area contributed by atoms with E-state index in [2.05, 4.69) is 10.4 Å². The van der Waals surface area contributed by atoms with Crippen LogP contribution in [0.5, 0.6) is 0 Å². The van der Waals surface area contributed by atoms with Crippen molar-refractivity contribution in [3.05, 3.63) is 53.9 Å². The Labute approximate surface area is 139 Å². The van der Waals surface area contributed by atoms with Crippen molar-refractivity contribution < 1.29 is 19.0 Å². The maximum absolute atomic E-state index is 14.2. The van der Waals surface area contributed by atoms with E-state index >= 15 is 0 Å². The van der Waals surface area contributed by atoms with E-state index in [1.807, 2.05) is 6.92 Å². The monoisotopic (exact) mass is 339 g/mol. The van der Waals surface area contributed by atoms with Gasteiger partial charge >= 0.3 is 0 Å². The summed E-state index contributed by atoms with van der Waals surface area (Å²) in [6.07, 6.45) is 4.67. The fourth-order valence-electron chi connectivity index (χ4n) is 2.55. The first-order valence-electron chi connectivity index (χ1n) is 8.01. The molecule has 0 amide bonds. The summed E-state index contributed by atoms with van der Waals surface area (Å²) in [6.45, 7) is 1.88. The van der Waals surface area contributed by atoms with Crippen LogP contribution in [0.2, 0.25) is 0 Å². The molecule has 0 saturated heterocycles. The lowest BCUT2D eigenvalue weighted by atomic mass is 9.92. The number of hydrogen-bond acceptors (Lipinski definition) is 4. The van der Waals surface area contributed by atoms with E-state index in [1.54, 1.807) is 18.5 Å². The molecule has 0 bridgehead atoms. The molecule has 132 valence electrons. The highest BCUT2D eigenvalue weighted by molar-refractivity contribution is 5.25. The summed E-state index contributed by atoms with van der Waals surface area (Å²) in [5.41, 5.74) is -1.73. The standard InChI is InChI=1S/C17H23F2N3O2/c1-2-3-5-16(23)20-11-17(24,12-22-9-4-8-21-22)14-7-6-13(18)10-15(14)19/h4,6-10,16,20,23-24H,2-3,5,11-12H2,1H3. The van der Waals surface area contributed by atoms with Gasteiger partial charge in [-0.15, -0.1) is 0 Å². The molecule has 3 N–H and O–H groups in total. The zero-order valence-electron chi connectivity index (χ0n) is 13.6. The van der Waals surface area contributed by atoms with Crippen LogP contribution >= 0.6 is 0 Å². The summed E-state index contributed by atoms with van der Waals surface area (Å²) in [5.74, 6) is -1.55. The quantitative estimate of drug-likeness (QED) is 0.612. The smallest absolute Gasteiger partial charge is 0.132 e. The van der Waals surface area contributed by atoms with Gasteiger partial charge in [0.15, 0.2) is 0 Å². The average molecular weight is 339 g/mol. The first-order chi connectivity index (χ1) is 11.4. The molecular formula is C17H23F2N3O2. The second-order valence-electron chi connectivity index (χ2n) is 5.90. The van der Waals surface area contributed by atoms with E-state index in [0.717, 1.165) is 25.0 Å². The molecule has 2 unspecified atom stereocenters. The minimum atomic E-state index is -1.68. The minimum absolute atomic E-state index is 0.0317. The van der Waals surface area contributed by atoms with Gasteiger partial charge in [-0.2, -0.15) is 5.10 Å². The van der Waals surface area contributed by atoms with Gasteiger partial charge in [-0.05, 0) is 25.0 Å². The second kappa shape index (κ2) is 8.32. The van der Waals surface area contributed by atoms with Crippen LogP contribution in [0.1, 0.15) is 31.7 Å². The molecule has 0 fully saturated rings. The molecule has 1 aromatic carbocycles. The third-order valence-corrected chi connectivity index (χ3v) is 3.88. The Bertz CT molecular complexity index is 637. The summed E-state index contributed by atoms with van der Waals surface area (Å²) in [7, 11) is 0. The molecular weight excluding hydrogens is 316 g/mol. The topological polar surface area (TPSA) is 70.3 Å². The Kier molecular flexibility index (Phi) is 6.42. The van der Waals surface area contributed by atoms with Gasteiger partial charge in [-0.1, -0.05) is 19.4 Å². The van der Waals surface area contributed by atoms with Crippen molar-refractivity contribution in [1.29, 1.82) is 0 Å². The SMILES string of the molecule is CCCCC(O)NCC(O)(Cn1cccn1)c1ccc(F)cc1F. The highest BCUT2D eigenvalue weighted by atomic mass is 19.1. The molecule has 0 radical (unpaired) electrons. The van der Waals surface area contributed by atoms with E-state index in [0.29, 0.717) is 6.42 Å². The minimum Gasteiger partial charge on any atom is -0.382 e. The first kappa shape index (κ1) is 18.5. The van der Waals surface area contributed by atoms with Gasteiger partial charge in [-0.3, -0.25) is 10.00 Å². The molecule has 0 aliphatic rings. The van der Waals surface area contributed by atoms with Crippen LogP contribution in [0.4, 0.5) is 8.78 Å². The van der Waals surface area contributed by atoms with Crippen LogP contribution in [0, 0.1) is 11.6 Å². The summed E-state index contributed by atoms with van der Waals surface area (Å²) in [5, 5.41) is 27.8. The van der Waals surface area contributed by atoms with Gasteiger partial charge in [0.2, 0.25) is 0 Å². The Morgan fingerprint density at radius 2 is 2.17 bits per heavy atom. The number of aliphatic hydroxyl groups is 2. The Balaban J connectivity index is 2.20. The third kappa shape index (κ3) is 4.83. The fourth-order valence-corrected chi connectivity index (χ4v) is 2.55. The predicted octanol–water partition coefficient (Wildman–Crippen LogP) is 2.15. The summed E-state index contributed by atoms with van der Waals surface area (Å²) < 4.78 is 28.8. The number of halogens is 2. The molecule has 1 heterocycles. The van der Waals surface area contributed by atoms with Gasteiger partial charge in [0.25, 0.3) is 0 Å². The summed E-state index contributed by atoms with van der Waals surface area (Å²) in [6, 6.07) is 4.73. The second-order valence-corrected chi connectivity index (χ2v) is 5.90. The average Bonchev–Trinajstić information content (AvgIpc) is 3.03. The van der Waals surface area contributed by atoms with E-state index in [9.17, 15) is 19.0 Å². The molecule has 2 aromatic rings. The number of hydrogen-bond donors (Lipinski definition) is 3. The van der Waals surface area contributed by atoms with E-state index < -0.39 is 23.5 Å². The van der Waals surface area contributed by atoms with E-state index in [-0.39, 0.29) is 18.7 Å². The van der Waals surface area contributed by atoms with Crippen molar-refractivity contribution in [1.82, 2.24) is 15.1 Å². The molecule has 2 atom stereocenters. The van der Waals surface area contributed by atoms with Crippen molar-refractivity contribution in [2.75, 3.05) is 6.54 Å². The molecule has 5 nitrogen and oxygen atoms in total. The predicted molar refractivity (Wildman–Crippen MR) is 86.0 cm³/mol. The summed E-state index contributed by atoms with van der Waals surface area (Å²) >= 11 is 0. The summed E-state index contributed by atoms with van der Waals surface area (Å²) in [4.78, 5) is 0. The number of nitrogens with zero attached hydrogens (tertiary/aromatic N) is 2. The van der Waals surface area contributed by atoms with Gasteiger partial charge in [-0.25, -0.2) is 8.78 Å². The molecule has 2 rings (SSSR count). The van der Waals surface area contributed by atoms with Crippen LogP contribution < -0.4 is 5.32 Å². The maximum Gasteiger partial charge on any atom is 0.132 e. The molecule has 1 aromatic heterocycles. The van der Waals surface area contributed by atoms with Gasteiger partial charge in [0.05, 0.1) is 6.54 Å². The van der Waals surface area contributed by atoms with Crippen molar-refractivity contribution >= 4 is 0 Å². The highest BCUT2D eigenvalue weighted by Gasteiger charge is 2.33. The largest absolute Gasteiger partial charge is 0.382 e. The number of benzene rings is 1. The normalized spacial score (nSPS) is 15.2. The Hall–Kier alpha value is -1.83. The van der Waals surface area contributed by atoms with Crippen molar-refractivity contribution in [3.8, 4) is 0 Å². The number of aliphatic hydroxyl groups excluding tert-OH is 1. The maximum atomic E-state index is 14.2. The van der Waals surface area contributed by atoms with Gasteiger partial charge in [0, 0.05) is 30.6 Å². The highest BCUT2D eigenvalue weighted by Crippen LogP contribution is 2.26.